The van der Waals surface area contributed by atoms with Crippen LogP contribution in [-0.4, -0.2) is 54.2 Å². The van der Waals surface area contributed by atoms with E-state index in [0.717, 1.165) is 6.42 Å². The van der Waals surface area contributed by atoms with Crippen molar-refractivity contribution < 1.29 is 19.1 Å². The van der Waals surface area contributed by atoms with Crippen molar-refractivity contribution in [2.75, 3.05) is 31.1 Å². The van der Waals surface area contributed by atoms with E-state index >= 15 is 0 Å². The highest BCUT2D eigenvalue weighted by atomic mass is 19.1. The Morgan fingerprint density at radius 2 is 1.77 bits per heavy atom. The number of carbonyl (C=O) groups is 2. The molecule has 0 unspecified atom stereocenters. The summed E-state index contributed by atoms with van der Waals surface area (Å²) in [6.45, 7) is 2.50. The van der Waals surface area contributed by atoms with Gasteiger partial charge in [0.2, 0.25) is 0 Å². The molecule has 1 aromatic carbocycles. The summed E-state index contributed by atoms with van der Waals surface area (Å²) in [6.07, 6.45) is 3.42. The Balaban J connectivity index is 1.50. The number of carboxylic acid groups (broad SMARTS) is 1. The smallest absolute Gasteiger partial charge is 0.317 e. The van der Waals surface area contributed by atoms with Crippen LogP contribution in [0.25, 0.3) is 0 Å². The molecular formula is C19H26FN3O3. The summed E-state index contributed by atoms with van der Waals surface area (Å²) in [5, 5.41) is 12.1. The molecule has 7 heteroatoms. The van der Waals surface area contributed by atoms with Crippen molar-refractivity contribution in [1.29, 1.82) is 0 Å². The lowest BCUT2D eigenvalue weighted by atomic mass is 9.86. The molecule has 1 saturated heterocycles. The molecule has 26 heavy (non-hydrogen) atoms. The minimum Gasteiger partial charge on any atom is -0.481 e. The van der Waals surface area contributed by atoms with E-state index < -0.39 is 5.97 Å². The van der Waals surface area contributed by atoms with Crippen LogP contribution in [0.4, 0.5) is 14.9 Å². The molecule has 0 atom stereocenters. The maximum atomic E-state index is 14.0. The molecule has 2 amide bonds. The Kier molecular flexibility index (Phi) is 5.96. The maximum Gasteiger partial charge on any atom is 0.317 e. The van der Waals surface area contributed by atoms with E-state index in [9.17, 15) is 14.0 Å². The Morgan fingerprint density at radius 1 is 1.04 bits per heavy atom. The first-order valence-electron chi connectivity index (χ1n) is 9.32. The first-order valence-corrected chi connectivity index (χ1v) is 9.32. The van der Waals surface area contributed by atoms with Crippen molar-refractivity contribution in [2.45, 2.75) is 38.1 Å². The highest BCUT2D eigenvalue weighted by molar-refractivity contribution is 5.75. The second-order valence-corrected chi connectivity index (χ2v) is 7.12. The van der Waals surface area contributed by atoms with Crippen LogP contribution in [0.15, 0.2) is 24.3 Å². The Bertz CT molecular complexity index is 647. The fourth-order valence-corrected chi connectivity index (χ4v) is 3.82. The number of para-hydroxylation sites is 1. The summed E-state index contributed by atoms with van der Waals surface area (Å²) >= 11 is 0. The fourth-order valence-electron chi connectivity index (χ4n) is 3.82. The fraction of sp³-hybridized carbons (Fsp3) is 0.579. The molecule has 1 aliphatic heterocycles. The minimum atomic E-state index is -0.740. The van der Waals surface area contributed by atoms with E-state index in [1.54, 1.807) is 17.0 Å². The molecule has 2 aliphatic rings. The lowest BCUT2D eigenvalue weighted by Crippen LogP contribution is -2.47. The number of nitrogens with zero attached hydrogens (tertiary/aromatic N) is 2. The van der Waals surface area contributed by atoms with Gasteiger partial charge in [-0.25, -0.2) is 9.18 Å². The summed E-state index contributed by atoms with van der Waals surface area (Å²) < 4.78 is 14.0. The lowest BCUT2D eigenvalue weighted by Gasteiger charge is -2.30. The predicted molar refractivity (Wildman–Crippen MR) is 96.7 cm³/mol. The normalized spacial score (nSPS) is 24.0. The van der Waals surface area contributed by atoms with Gasteiger partial charge >= 0.3 is 12.0 Å². The Hall–Kier alpha value is -2.31. The van der Waals surface area contributed by atoms with Crippen LogP contribution in [0.5, 0.6) is 0 Å². The number of urea groups is 1. The van der Waals surface area contributed by atoms with Gasteiger partial charge in [-0.3, -0.25) is 4.79 Å². The third-order valence-electron chi connectivity index (χ3n) is 5.38. The molecule has 0 aromatic heterocycles. The maximum absolute atomic E-state index is 14.0. The first-order chi connectivity index (χ1) is 12.5. The van der Waals surface area contributed by atoms with E-state index in [2.05, 4.69) is 5.32 Å². The number of carbonyl (C=O) groups excluding carboxylic acids is 1. The third-order valence-corrected chi connectivity index (χ3v) is 5.38. The van der Waals surface area contributed by atoms with Crippen LogP contribution in [0.1, 0.15) is 32.1 Å². The summed E-state index contributed by atoms with van der Waals surface area (Å²) in [4.78, 5) is 27.3. The monoisotopic (exact) mass is 363 g/mol. The highest BCUT2D eigenvalue weighted by Gasteiger charge is 2.28. The molecular weight excluding hydrogens is 337 g/mol. The number of nitrogens with one attached hydrogen (secondary N) is 1. The molecule has 3 rings (SSSR count). The van der Waals surface area contributed by atoms with Crippen LogP contribution in [0.3, 0.4) is 0 Å². The summed E-state index contributed by atoms with van der Waals surface area (Å²) in [5.74, 6) is -1.26. The van der Waals surface area contributed by atoms with Gasteiger partial charge in [-0.05, 0) is 44.2 Å². The average molecular weight is 363 g/mol. The van der Waals surface area contributed by atoms with E-state index in [-0.39, 0.29) is 23.8 Å². The third kappa shape index (κ3) is 4.45. The highest BCUT2D eigenvalue weighted by Crippen LogP contribution is 2.25. The van der Waals surface area contributed by atoms with Gasteiger partial charge in [-0.15, -0.1) is 0 Å². The average Bonchev–Trinajstić information content (AvgIpc) is 2.89. The predicted octanol–water partition coefficient (Wildman–Crippen LogP) is 2.69. The van der Waals surface area contributed by atoms with Crippen LogP contribution in [0, 0.1) is 11.7 Å². The second kappa shape index (κ2) is 8.38. The molecule has 0 spiro atoms. The van der Waals surface area contributed by atoms with Gasteiger partial charge in [0.25, 0.3) is 0 Å². The molecule has 6 nitrogen and oxygen atoms in total. The Morgan fingerprint density at radius 3 is 2.46 bits per heavy atom. The molecule has 2 N–H and O–H groups in total. The van der Waals surface area contributed by atoms with Gasteiger partial charge in [0.15, 0.2) is 0 Å². The van der Waals surface area contributed by atoms with Gasteiger partial charge in [0.1, 0.15) is 5.82 Å². The zero-order chi connectivity index (χ0) is 18.5. The number of halogens is 1. The minimum absolute atomic E-state index is 0.0454. The number of rotatable bonds is 3. The lowest BCUT2D eigenvalue weighted by molar-refractivity contribution is -0.142. The number of benzene rings is 1. The van der Waals surface area contributed by atoms with Crippen molar-refractivity contribution in [3.63, 3.8) is 0 Å². The molecule has 1 aromatic rings. The topological polar surface area (TPSA) is 72.9 Å². The zero-order valence-electron chi connectivity index (χ0n) is 14.9. The molecule has 0 radical (unpaired) electrons. The molecule has 0 bridgehead atoms. The van der Waals surface area contributed by atoms with E-state index in [0.29, 0.717) is 57.5 Å². The number of hydrogen-bond donors (Lipinski definition) is 2. The summed E-state index contributed by atoms with van der Waals surface area (Å²) in [7, 11) is 0. The second-order valence-electron chi connectivity index (χ2n) is 7.12. The SMILES string of the molecule is O=C(O)C1CCC(NC(=O)N2CCCN(c3ccccc3F)CC2)CC1. The zero-order valence-corrected chi connectivity index (χ0v) is 14.9. The van der Waals surface area contributed by atoms with Crippen molar-refractivity contribution in [3.05, 3.63) is 30.1 Å². The molecule has 1 saturated carbocycles. The van der Waals surface area contributed by atoms with E-state index in [4.69, 9.17) is 5.11 Å². The van der Waals surface area contributed by atoms with Crippen LogP contribution < -0.4 is 10.2 Å². The molecule has 1 aliphatic carbocycles. The number of aliphatic carboxylic acids is 1. The molecule has 2 fully saturated rings. The van der Waals surface area contributed by atoms with Crippen molar-refractivity contribution >= 4 is 17.7 Å². The van der Waals surface area contributed by atoms with Gasteiger partial charge < -0.3 is 20.2 Å². The van der Waals surface area contributed by atoms with E-state index in [1.807, 2.05) is 11.0 Å². The van der Waals surface area contributed by atoms with Crippen LogP contribution in [0.2, 0.25) is 0 Å². The summed E-state index contributed by atoms with van der Waals surface area (Å²) in [5.41, 5.74) is 0.585. The number of hydrogen-bond acceptors (Lipinski definition) is 3. The van der Waals surface area contributed by atoms with Gasteiger partial charge in [0, 0.05) is 32.2 Å². The van der Waals surface area contributed by atoms with Gasteiger partial charge in [-0.1, -0.05) is 12.1 Å². The number of carboxylic acids is 1. The van der Waals surface area contributed by atoms with Crippen molar-refractivity contribution in [1.82, 2.24) is 10.2 Å². The van der Waals surface area contributed by atoms with Gasteiger partial charge in [0.05, 0.1) is 11.6 Å². The standard InChI is InChI=1S/C19H26FN3O3/c20-16-4-1-2-5-17(16)22-10-3-11-23(13-12-22)19(26)21-15-8-6-14(7-9-15)18(24)25/h1-2,4-5,14-15H,3,6-13H2,(H,21,26)(H,24,25). The molecule has 142 valence electrons. The summed E-state index contributed by atoms with van der Waals surface area (Å²) in [6, 6.07) is 6.67. The largest absolute Gasteiger partial charge is 0.481 e. The van der Waals surface area contributed by atoms with Crippen LogP contribution >= 0.6 is 0 Å². The first kappa shape index (κ1) is 18.5. The number of amides is 2. The Labute approximate surface area is 153 Å². The van der Waals surface area contributed by atoms with Gasteiger partial charge in [-0.2, -0.15) is 0 Å². The van der Waals surface area contributed by atoms with E-state index in [1.165, 1.54) is 6.07 Å². The van der Waals surface area contributed by atoms with Crippen molar-refractivity contribution in [2.24, 2.45) is 5.92 Å². The van der Waals surface area contributed by atoms with Crippen LogP contribution in [-0.2, 0) is 4.79 Å². The van der Waals surface area contributed by atoms with Crippen molar-refractivity contribution in [3.8, 4) is 0 Å². The molecule has 1 heterocycles. The quantitative estimate of drug-likeness (QED) is 0.866. The number of anilines is 1.